The third-order valence-electron chi connectivity index (χ3n) is 2.69. The highest BCUT2D eigenvalue weighted by molar-refractivity contribution is 5.45. The van der Waals surface area contributed by atoms with Crippen molar-refractivity contribution in [2.45, 2.75) is 32.5 Å². The average Bonchev–Trinajstić information content (AvgIpc) is 2.73. The van der Waals surface area contributed by atoms with Crippen LogP contribution in [0, 0.1) is 0 Å². The predicted octanol–water partition coefficient (Wildman–Crippen LogP) is 2.08. The predicted molar refractivity (Wildman–Crippen MR) is 61.7 cm³/mol. The maximum absolute atomic E-state index is 10.0. The molecule has 0 amide bonds. The maximum atomic E-state index is 10.0. The Morgan fingerprint density at radius 1 is 1.44 bits per heavy atom. The zero-order chi connectivity index (χ0) is 11.5. The van der Waals surface area contributed by atoms with Crippen molar-refractivity contribution in [2.24, 2.45) is 0 Å². The van der Waals surface area contributed by atoms with Crippen LogP contribution >= 0.6 is 0 Å². The lowest BCUT2D eigenvalue weighted by molar-refractivity contribution is 0.00407. The molecule has 0 bridgehead atoms. The fourth-order valence-corrected chi connectivity index (χ4v) is 1.88. The van der Waals surface area contributed by atoms with E-state index in [9.17, 15) is 5.11 Å². The number of para-hydroxylation sites is 1. The maximum Gasteiger partial charge on any atom is 0.128 e. The Kier molecular flexibility index (Phi) is 3.46. The van der Waals surface area contributed by atoms with Gasteiger partial charge in [-0.1, -0.05) is 18.2 Å². The summed E-state index contributed by atoms with van der Waals surface area (Å²) in [6, 6.07) is 5.90. The van der Waals surface area contributed by atoms with Gasteiger partial charge in [-0.25, -0.2) is 0 Å². The molecule has 0 saturated heterocycles. The smallest absolute Gasteiger partial charge is 0.128 e. The lowest BCUT2D eigenvalue weighted by atomic mass is 10.0. The molecule has 0 radical (unpaired) electrons. The molecule has 1 N–H and O–H groups in total. The minimum atomic E-state index is -0.601. The van der Waals surface area contributed by atoms with E-state index >= 15 is 0 Å². The number of hydrogen-bond donors (Lipinski definition) is 1. The molecule has 1 heterocycles. The molecule has 0 aromatic heterocycles. The monoisotopic (exact) mass is 222 g/mol. The first-order chi connectivity index (χ1) is 7.68. The van der Waals surface area contributed by atoms with Crippen LogP contribution in [-0.4, -0.2) is 24.4 Å². The molecule has 3 heteroatoms. The molecule has 1 aliphatic rings. The first-order valence-corrected chi connectivity index (χ1v) is 5.72. The van der Waals surface area contributed by atoms with Gasteiger partial charge < -0.3 is 14.6 Å². The van der Waals surface area contributed by atoms with E-state index in [0.29, 0.717) is 13.2 Å². The van der Waals surface area contributed by atoms with Gasteiger partial charge in [0.2, 0.25) is 0 Å². The van der Waals surface area contributed by atoms with Crippen molar-refractivity contribution < 1.29 is 14.6 Å². The van der Waals surface area contributed by atoms with E-state index in [-0.39, 0.29) is 6.10 Å². The molecule has 0 spiro atoms. The van der Waals surface area contributed by atoms with Crippen LogP contribution in [0.3, 0.4) is 0 Å². The highest BCUT2D eigenvalue weighted by atomic mass is 16.5. The molecule has 3 nitrogen and oxygen atoms in total. The Bertz CT molecular complexity index is 360. The van der Waals surface area contributed by atoms with Gasteiger partial charge >= 0.3 is 0 Å². The van der Waals surface area contributed by atoms with Crippen LogP contribution < -0.4 is 4.74 Å². The lowest BCUT2D eigenvalue weighted by Gasteiger charge is -2.16. The Morgan fingerprint density at radius 2 is 2.25 bits per heavy atom. The van der Waals surface area contributed by atoms with Gasteiger partial charge in [0.15, 0.2) is 0 Å². The number of benzene rings is 1. The first kappa shape index (κ1) is 11.4. The van der Waals surface area contributed by atoms with Crippen molar-refractivity contribution in [3.05, 3.63) is 29.3 Å². The number of fused-ring (bicyclic) bond motifs is 1. The molecule has 1 aromatic rings. The van der Waals surface area contributed by atoms with E-state index in [0.717, 1.165) is 17.7 Å². The molecule has 1 atom stereocenters. The summed E-state index contributed by atoms with van der Waals surface area (Å²) < 4.78 is 11.0. The van der Waals surface area contributed by atoms with E-state index < -0.39 is 6.10 Å². The van der Waals surface area contributed by atoms with Crippen molar-refractivity contribution >= 4 is 0 Å². The van der Waals surface area contributed by atoms with E-state index in [4.69, 9.17) is 9.47 Å². The van der Waals surface area contributed by atoms with Crippen molar-refractivity contribution in [3.63, 3.8) is 0 Å². The van der Waals surface area contributed by atoms with Gasteiger partial charge in [0, 0.05) is 12.0 Å². The van der Waals surface area contributed by atoms with Crippen molar-refractivity contribution in [3.8, 4) is 5.75 Å². The molecule has 1 unspecified atom stereocenters. The third kappa shape index (κ3) is 2.36. The molecule has 0 fully saturated rings. The number of hydrogen-bond acceptors (Lipinski definition) is 3. The normalized spacial score (nSPS) is 16.0. The van der Waals surface area contributed by atoms with Crippen LogP contribution in [-0.2, 0) is 11.2 Å². The summed E-state index contributed by atoms with van der Waals surface area (Å²) >= 11 is 0. The van der Waals surface area contributed by atoms with Crippen LogP contribution in [0.1, 0.15) is 31.1 Å². The summed E-state index contributed by atoms with van der Waals surface area (Å²) in [6.45, 7) is 4.94. The van der Waals surface area contributed by atoms with Crippen LogP contribution in [0.25, 0.3) is 0 Å². The fraction of sp³-hybridized carbons (Fsp3) is 0.538. The van der Waals surface area contributed by atoms with Gasteiger partial charge in [0.1, 0.15) is 11.9 Å². The highest BCUT2D eigenvalue weighted by Gasteiger charge is 2.20. The number of aliphatic hydroxyl groups excluding tert-OH is 1. The molecule has 16 heavy (non-hydrogen) atoms. The van der Waals surface area contributed by atoms with E-state index in [1.807, 2.05) is 32.0 Å². The van der Waals surface area contributed by atoms with Gasteiger partial charge in [-0.15, -0.1) is 0 Å². The van der Waals surface area contributed by atoms with E-state index in [1.165, 1.54) is 5.56 Å². The van der Waals surface area contributed by atoms with Crippen LogP contribution in [0.15, 0.2) is 18.2 Å². The Labute approximate surface area is 96.0 Å². The minimum absolute atomic E-state index is 0.132. The number of aliphatic hydroxyl groups is 1. The molecule has 0 aliphatic carbocycles. The van der Waals surface area contributed by atoms with Crippen molar-refractivity contribution in [2.75, 3.05) is 13.2 Å². The first-order valence-electron chi connectivity index (χ1n) is 5.72. The van der Waals surface area contributed by atoms with Crippen LogP contribution in [0.5, 0.6) is 5.75 Å². The molecule has 1 aromatic carbocycles. The zero-order valence-electron chi connectivity index (χ0n) is 9.77. The molecular weight excluding hydrogens is 204 g/mol. The lowest BCUT2D eigenvalue weighted by Crippen LogP contribution is -2.12. The Morgan fingerprint density at radius 3 is 3.00 bits per heavy atom. The van der Waals surface area contributed by atoms with Gasteiger partial charge in [0.25, 0.3) is 0 Å². The largest absolute Gasteiger partial charge is 0.493 e. The second kappa shape index (κ2) is 4.85. The molecule has 0 saturated carbocycles. The van der Waals surface area contributed by atoms with Crippen LogP contribution in [0.2, 0.25) is 0 Å². The minimum Gasteiger partial charge on any atom is -0.493 e. The summed E-state index contributed by atoms with van der Waals surface area (Å²) in [5.41, 5.74) is 2.02. The topological polar surface area (TPSA) is 38.7 Å². The third-order valence-corrected chi connectivity index (χ3v) is 2.69. The fourth-order valence-electron chi connectivity index (χ4n) is 1.88. The van der Waals surface area contributed by atoms with Gasteiger partial charge in [0.05, 0.1) is 19.3 Å². The summed E-state index contributed by atoms with van der Waals surface area (Å²) in [5, 5.41) is 10.0. The molecule has 1 aliphatic heterocycles. The Hall–Kier alpha value is -1.06. The summed E-state index contributed by atoms with van der Waals surface area (Å²) in [4.78, 5) is 0. The van der Waals surface area contributed by atoms with E-state index in [1.54, 1.807) is 0 Å². The summed E-state index contributed by atoms with van der Waals surface area (Å²) in [5.74, 6) is 0.849. The Balaban J connectivity index is 2.11. The standard InChI is InChI=1S/C13H18O3/c1-9(2)16-8-12(14)11-5-3-4-10-6-7-15-13(10)11/h3-5,9,12,14H,6-8H2,1-2H3. The van der Waals surface area contributed by atoms with Gasteiger partial charge in [-0.2, -0.15) is 0 Å². The van der Waals surface area contributed by atoms with Gasteiger partial charge in [-0.05, 0) is 19.4 Å². The van der Waals surface area contributed by atoms with E-state index in [2.05, 4.69) is 0 Å². The highest BCUT2D eigenvalue weighted by Crippen LogP contribution is 2.33. The number of ether oxygens (including phenoxy) is 2. The second-order valence-electron chi connectivity index (χ2n) is 4.33. The molecule has 2 rings (SSSR count). The second-order valence-corrected chi connectivity index (χ2v) is 4.33. The summed E-state index contributed by atoms with van der Waals surface area (Å²) in [7, 11) is 0. The van der Waals surface area contributed by atoms with Crippen molar-refractivity contribution in [1.82, 2.24) is 0 Å². The zero-order valence-corrected chi connectivity index (χ0v) is 9.77. The average molecular weight is 222 g/mol. The van der Waals surface area contributed by atoms with Gasteiger partial charge in [-0.3, -0.25) is 0 Å². The molecule has 88 valence electrons. The quantitative estimate of drug-likeness (QED) is 0.847. The summed E-state index contributed by atoms with van der Waals surface area (Å²) in [6.07, 6.45) is 0.462. The SMILES string of the molecule is CC(C)OCC(O)c1cccc2c1OCC2. The van der Waals surface area contributed by atoms with Crippen LogP contribution in [0.4, 0.5) is 0 Å². The molecular formula is C13H18O3. The van der Waals surface area contributed by atoms with Crippen molar-refractivity contribution in [1.29, 1.82) is 0 Å². The number of rotatable bonds is 4.